The van der Waals surface area contributed by atoms with E-state index in [0.29, 0.717) is 15.9 Å². The normalized spacial score (nSPS) is 13.5. The SMILES string of the molecule is CC(C)(C)B(C(C)(C)C)C(C)(C)C.[NaH]. The fraction of sp³-hybridized carbons (Fsp3) is 1.00. The minimum atomic E-state index is 0. The van der Waals surface area contributed by atoms with Crippen molar-refractivity contribution in [2.45, 2.75) is 78.3 Å². The van der Waals surface area contributed by atoms with E-state index in [1.54, 1.807) is 0 Å². The Hall–Kier alpha value is 1.06. The summed E-state index contributed by atoms with van der Waals surface area (Å²) in [7, 11) is 0. The summed E-state index contributed by atoms with van der Waals surface area (Å²) in [5, 5.41) is 1.16. The van der Waals surface area contributed by atoms with E-state index in [0.717, 1.165) is 6.71 Å². The van der Waals surface area contributed by atoms with Gasteiger partial charge in [0.15, 0.2) is 6.71 Å². The van der Waals surface area contributed by atoms with Gasteiger partial charge in [0.25, 0.3) is 0 Å². The zero-order chi connectivity index (χ0) is 11.1. The molecule has 0 N–H and O–H groups in total. The van der Waals surface area contributed by atoms with Crippen molar-refractivity contribution in [3.8, 4) is 0 Å². The van der Waals surface area contributed by atoms with Crippen molar-refractivity contribution in [1.82, 2.24) is 0 Å². The Kier molecular flexibility index (Phi) is 6.15. The summed E-state index contributed by atoms with van der Waals surface area (Å²) in [5.74, 6) is 0. The molecule has 0 amide bonds. The second-order valence-corrected chi connectivity index (χ2v) is 7.53. The maximum absolute atomic E-state index is 2.36. The van der Waals surface area contributed by atoms with E-state index < -0.39 is 0 Å². The summed E-state index contributed by atoms with van der Waals surface area (Å²) in [4.78, 5) is 0. The Balaban J connectivity index is 0. The quantitative estimate of drug-likeness (QED) is 0.520. The molecule has 0 fully saturated rings. The molecule has 0 spiro atoms. The number of hydrogen-bond donors (Lipinski definition) is 0. The average molecular weight is 206 g/mol. The molecule has 0 saturated carbocycles. The Morgan fingerprint density at radius 1 is 0.500 bits per heavy atom. The van der Waals surface area contributed by atoms with Crippen LogP contribution in [0.1, 0.15) is 62.3 Å². The summed E-state index contributed by atoms with van der Waals surface area (Å²) in [6.45, 7) is 21.9. The van der Waals surface area contributed by atoms with Crippen molar-refractivity contribution in [2.75, 3.05) is 0 Å². The first-order valence-corrected chi connectivity index (χ1v) is 5.37. The Labute approximate surface area is 114 Å². The van der Waals surface area contributed by atoms with Crippen LogP contribution in [0, 0.1) is 0 Å². The molecule has 0 aromatic carbocycles. The van der Waals surface area contributed by atoms with Gasteiger partial charge in [-0.2, -0.15) is 0 Å². The predicted molar refractivity (Wildman–Crippen MR) is 72.0 cm³/mol. The van der Waals surface area contributed by atoms with Gasteiger partial charge in [0.05, 0.1) is 0 Å². The second-order valence-electron chi connectivity index (χ2n) is 7.53. The molecule has 0 atom stereocenters. The van der Waals surface area contributed by atoms with Crippen LogP contribution in [0.5, 0.6) is 0 Å². The summed E-state index contributed by atoms with van der Waals surface area (Å²) in [6.07, 6.45) is 0. The molecule has 2 heteroatoms. The molecule has 0 heterocycles. The van der Waals surface area contributed by atoms with E-state index in [2.05, 4.69) is 62.3 Å². The summed E-state index contributed by atoms with van der Waals surface area (Å²) >= 11 is 0. The van der Waals surface area contributed by atoms with Gasteiger partial charge < -0.3 is 0 Å². The van der Waals surface area contributed by atoms with Crippen molar-refractivity contribution in [2.24, 2.45) is 0 Å². The fourth-order valence-electron chi connectivity index (χ4n) is 3.90. The van der Waals surface area contributed by atoms with Gasteiger partial charge in [-0.15, -0.1) is 0 Å². The molecule has 0 aromatic rings. The topological polar surface area (TPSA) is 0 Å². The molecule has 0 aliphatic heterocycles. The van der Waals surface area contributed by atoms with E-state index >= 15 is 0 Å². The zero-order valence-electron chi connectivity index (χ0n) is 11.1. The van der Waals surface area contributed by atoms with Crippen LogP contribution in [-0.2, 0) is 0 Å². The molecule has 0 radical (unpaired) electrons. The minimum absolute atomic E-state index is 0. The molecule has 0 bridgehead atoms. The third-order valence-corrected chi connectivity index (χ3v) is 2.60. The van der Waals surface area contributed by atoms with Crippen LogP contribution in [0.15, 0.2) is 0 Å². The number of hydrogen-bond acceptors (Lipinski definition) is 0. The molecule has 0 nitrogen and oxygen atoms in total. The monoisotopic (exact) mass is 206 g/mol. The van der Waals surface area contributed by atoms with E-state index in [4.69, 9.17) is 0 Å². The number of rotatable bonds is 0. The Morgan fingerprint density at radius 2 is 0.643 bits per heavy atom. The van der Waals surface area contributed by atoms with Crippen LogP contribution in [0.25, 0.3) is 0 Å². The van der Waals surface area contributed by atoms with Crippen molar-refractivity contribution in [1.29, 1.82) is 0 Å². The molecule has 0 aliphatic carbocycles. The van der Waals surface area contributed by atoms with E-state index in [1.807, 2.05) is 0 Å². The van der Waals surface area contributed by atoms with Gasteiger partial charge in [-0.25, -0.2) is 0 Å². The molecular weight excluding hydrogens is 178 g/mol. The van der Waals surface area contributed by atoms with Crippen LogP contribution >= 0.6 is 0 Å². The molecular formula is C12H28BNa. The fourth-order valence-corrected chi connectivity index (χ4v) is 3.90. The van der Waals surface area contributed by atoms with Gasteiger partial charge in [-0.05, 0) is 0 Å². The van der Waals surface area contributed by atoms with E-state index in [9.17, 15) is 0 Å². The van der Waals surface area contributed by atoms with Gasteiger partial charge in [0.1, 0.15) is 0 Å². The first-order chi connectivity index (χ1) is 5.37. The standard InChI is InChI=1S/C12H27B.Na.H/c1-10(2,3)13(11(4,5)6)12(7,8)9;;/h1-9H3;;. The summed E-state index contributed by atoms with van der Waals surface area (Å²) in [5.41, 5.74) is 0. The molecule has 0 unspecified atom stereocenters. The van der Waals surface area contributed by atoms with Crippen LogP contribution in [-0.4, -0.2) is 36.3 Å². The average Bonchev–Trinajstić information content (AvgIpc) is 1.44. The Morgan fingerprint density at radius 3 is 0.643 bits per heavy atom. The van der Waals surface area contributed by atoms with Crippen LogP contribution < -0.4 is 0 Å². The molecule has 80 valence electrons. The van der Waals surface area contributed by atoms with Crippen molar-refractivity contribution >= 4 is 36.3 Å². The molecule has 0 rings (SSSR count). The van der Waals surface area contributed by atoms with Gasteiger partial charge in [0.2, 0.25) is 0 Å². The van der Waals surface area contributed by atoms with Gasteiger partial charge in [-0.3, -0.25) is 0 Å². The summed E-state index contributed by atoms with van der Waals surface area (Å²) in [6, 6.07) is 0. The van der Waals surface area contributed by atoms with E-state index in [1.165, 1.54) is 0 Å². The van der Waals surface area contributed by atoms with E-state index in [-0.39, 0.29) is 29.6 Å². The molecule has 14 heavy (non-hydrogen) atoms. The predicted octanol–water partition coefficient (Wildman–Crippen LogP) is 4.23. The van der Waals surface area contributed by atoms with Gasteiger partial charge in [-0.1, -0.05) is 78.3 Å². The first-order valence-electron chi connectivity index (χ1n) is 5.37. The van der Waals surface area contributed by atoms with Crippen molar-refractivity contribution < 1.29 is 0 Å². The molecule has 0 aromatic heterocycles. The van der Waals surface area contributed by atoms with Gasteiger partial charge >= 0.3 is 29.6 Å². The van der Waals surface area contributed by atoms with Crippen molar-refractivity contribution in [3.63, 3.8) is 0 Å². The summed E-state index contributed by atoms with van der Waals surface area (Å²) < 4.78 is 0. The maximum atomic E-state index is 2.36. The first kappa shape index (κ1) is 17.5. The zero-order valence-corrected chi connectivity index (χ0v) is 11.1. The van der Waals surface area contributed by atoms with Gasteiger partial charge in [0, 0.05) is 0 Å². The third-order valence-electron chi connectivity index (χ3n) is 2.60. The third kappa shape index (κ3) is 5.23. The molecule has 0 saturated heterocycles. The van der Waals surface area contributed by atoms with Crippen LogP contribution in [0.4, 0.5) is 0 Å². The second kappa shape index (κ2) is 4.93. The van der Waals surface area contributed by atoms with Crippen LogP contribution in [0.3, 0.4) is 0 Å². The van der Waals surface area contributed by atoms with Crippen LogP contribution in [0.2, 0.25) is 15.9 Å². The Bertz CT molecular complexity index is 133. The molecule has 0 aliphatic rings. The van der Waals surface area contributed by atoms with Crippen molar-refractivity contribution in [3.05, 3.63) is 0 Å².